The molecule has 1 aliphatic rings. The minimum atomic E-state index is -1.54. The number of alkyl carbamates (subject to hydrolysis) is 1. The van der Waals surface area contributed by atoms with Gasteiger partial charge in [0.15, 0.2) is 11.5 Å². The van der Waals surface area contributed by atoms with Crippen LogP contribution in [0, 0.1) is 0 Å². The summed E-state index contributed by atoms with van der Waals surface area (Å²) in [6, 6.07) is 12.8. The summed E-state index contributed by atoms with van der Waals surface area (Å²) in [6.45, 7) is 6.19. The van der Waals surface area contributed by atoms with E-state index in [0.29, 0.717) is 17.2 Å². The van der Waals surface area contributed by atoms with Gasteiger partial charge in [0.2, 0.25) is 6.79 Å². The molecule has 1 heterocycles. The van der Waals surface area contributed by atoms with Gasteiger partial charge >= 0.3 is 6.09 Å². The number of amides is 2. The predicted octanol–water partition coefficient (Wildman–Crippen LogP) is 3.30. The van der Waals surface area contributed by atoms with Crippen LogP contribution in [0.4, 0.5) is 10.5 Å². The van der Waals surface area contributed by atoms with Crippen LogP contribution in [0.15, 0.2) is 42.5 Å². The number of ether oxygens (including phenoxy) is 3. The van der Waals surface area contributed by atoms with Crippen molar-refractivity contribution in [3.8, 4) is 22.6 Å². The van der Waals surface area contributed by atoms with Crippen molar-refractivity contribution in [1.29, 1.82) is 0 Å². The number of aliphatic hydroxyl groups is 1. The summed E-state index contributed by atoms with van der Waals surface area (Å²) in [4.78, 5) is 24.7. The molecule has 3 N–H and O–H groups in total. The third-order valence-corrected chi connectivity index (χ3v) is 4.44. The Morgan fingerprint density at radius 3 is 2.27 bits per heavy atom. The number of hydrogen-bond donors (Lipinski definition) is 3. The molecule has 1 aliphatic heterocycles. The normalized spacial score (nSPS) is 14.6. The van der Waals surface area contributed by atoms with Crippen LogP contribution in [-0.4, -0.2) is 41.6 Å². The molecule has 1 atom stereocenters. The first-order valence-corrected chi connectivity index (χ1v) is 9.53. The summed E-state index contributed by atoms with van der Waals surface area (Å²) in [7, 11) is 0. The average molecular weight is 414 g/mol. The Morgan fingerprint density at radius 2 is 1.63 bits per heavy atom. The van der Waals surface area contributed by atoms with E-state index in [0.717, 1.165) is 11.1 Å². The Bertz CT molecular complexity index is 936. The van der Waals surface area contributed by atoms with Crippen LogP contribution >= 0.6 is 0 Å². The highest BCUT2D eigenvalue weighted by Gasteiger charge is 2.36. The van der Waals surface area contributed by atoms with E-state index >= 15 is 0 Å². The van der Waals surface area contributed by atoms with E-state index in [1.807, 2.05) is 30.3 Å². The predicted molar refractivity (Wildman–Crippen MR) is 111 cm³/mol. The standard InChI is InChI=1S/C22H26N2O6/c1-21(2,3)30-20(27)24-22(4,12-25)19(26)23-16-8-5-14(6-9-16)15-7-10-17-18(11-15)29-13-28-17/h5-11,25H,12-13H2,1-4H3,(H,23,26)(H,24,27)/t22-/m0/s1. The van der Waals surface area contributed by atoms with E-state index in [1.54, 1.807) is 32.9 Å². The zero-order valence-electron chi connectivity index (χ0n) is 17.4. The number of nitrogens with one attached hydrogen (secondary N) is 2. The average Bonchev–Trinajstić information content (AvgIpc) is 3.14. The van der Waals surface area contributed by atoms with Crippen molar-refractivity contribution in [2.75, 3.05) is 18.7 Å². The maximum Gasteiger partial charge on any atom is 0.408 e. The molecule has 2 aromatic rings. The molecule has 8 heteroatoms. The molecule has 30 heavy (non-hydrogen) atoms. The highest BCUT2D eigenvalue weighted by Crippen LogP contribution is 2.36. The third-order valence-electron chi connectivity index (χ3n) is 4.44. The Morgan fingerprint density at radius 1 is 1.00 bits per heavy atom. The molecule has 0 radical (unpaired) electrons. The smallest absolute Gasteiger partial charge is 0.408 e. The van der Waals surface area contributed by atoms with Gasteiger partial charge in [0, 0.05) is 5.69 Å². The van der Waals surface area contributed by atoms with E-state index in [-0.39, 0.29) is 6.79 Å². The topological polar surface area (TPSA) is 106 Å². The molecular weight excluding hydrogens is 388 g/mol. The van der Waals surface area contributed by atoms with Gasteiger partial charge in [0.05, 0.1) is 6.61 Å². The first-order valence-electron chi connectivity index (χ1n) is 9.53. The molecule has 0 unspecified atom stereocenters. The van der Waals surface area contributed by atoms with Gasteiger partial charge in [-0.1, -0.05) is 18.2 Å². The Hall–Kier alpha value is -3.26. The highest BCUT2D eigenvalue weighted by atomic mass is 16.7. The van der Waals surface area contributed by atoms with Crippen LogP contribution in [0.25, 0.3) is 11.1 Å². The first-order chi connectivity index (χ1) is 14.1. The third kappa shape index (κ3) is 5.01. The van der Waals surface area contributed by atoms with Gasteiger partial charge in [-0.3, -0.25) is 4.79 Å². The molecule has 0 spiro atoms. The van der Waals surface area contributed by atoms with Crippen molar-refractivity contribution in [2.24, 2.45) is 0 Å². The van der Waals surface area contributed by atoms with Gasteiger partial charge in [0.25, 0.3) is 5.91 Å². The molecular formula is C22H26N2O6. The zero-order valence-corrected chi connectivity index (χ0v) is 17.4. The quantitative estimate of drug-likeness (QED) is 0.693. The lowest BCUT2D eigenvalue weighted by Crippen LogP contribution is -2.58. The second-order valence-electron chi connectivity index (χ2n) is 8.22. The molecule has 2 aromatic carbocycles. The summed E-state index contributed by atoms with van der Waals surface area (Å²) in [5.74, 6) is 0.840. The van der Waals surface area contributed by atoms with Gasteiger partial charge in [-0.15, -0.1) is 0 Å². The van der Waals surface area contributed by atoms with Gasteiger partial charge in [-0.25, -0.2) is 4.79 Å². The van der Waals surface area contributed by atoms with Crippen LogP contribution in [0.3, 0.4) is 0 Å². The lowest BCUT2D eigenvalue weighted by molar-refractivity contribution is -0.123. The van der Waals surface area contributed by atoms with E-state index in [4.69, 9.17) is 14.2 Å². The zero-order chi connectivity index (χ0) is 21.9. The number of carbonyl (C=O) groups is 2. The molecule has 3 rings (SSSR count). The maximum atomic E-state index is 12.7. The fourth-order valence-corrected chi connectivity index (χ4v) is 2.79. The molecule has 0 saturated heterocycles. The molecule has 2 amide bonds. The molecule has 0 aliphatic carbocycles. The summed E-state index contributed by atoms with van der Waals surface area (Å²) in [5.41, 5.74) is 0.141. The number of carbonyl (C=O) groups excluding carboxylic acids is 2. The van der Waals surface area contributed by atoms with Gasteiger partial charge in [-0.2, -0.15) is 0 Å². The molecule has 8 nitrogen and oxygen atoms in total. The van der Waals surface area contributed by atoms with E-state index in [9.17, 15) is 14.7 Å². The molecule has 0 aromatic heterocycles. The Balaban J connectivity index is 1.67. The van der Waals surface area contributed by atoms with Crippen LogP contribution in [0.1, 0.15) is 27.7 Å². The number of benzene rings is 2. The molecule has 0 bridgehead atoms. The summed E-state index contributed by atoms with van der Waals surface area (Å²) >= 11 is 0. The molecule has 0 saturated carbocycles. The lowest BCUT2D eigenvalue weighted by atomic mass is 10.0. The second kappa shape index (κ2) is 8.23. The van der Waals surface area contributed by atoms with Crippen LogP contribution in [-0.2, 0) is 9.53 Å². The highest BCUT2D eigenvalue weighted by molar-refractivity contribution is 6.00. The Labute approximate surface area is 175 Å². The van der Waals surface area contributed by atoms with Crippen molar-refractivity contribution >= 4 is 17.7 Å². The molecule has 0 fully saturated rings. The maximum absolute atomic E-state index is 12.7. The van der Waals surface area contributed by atoms with E-state index in [1.165, 1.54) is 6.92 Å². The first kappa shape index (κ1) is 21.4. The van der Waals surface area contributed by atoms with Crippen molar-refractivity contribution in [2.45, 2.75) is 38.8 Å². The fraction of sp³-hybridized carbons (Fsp3) is 0.364. The van der Waals surface area contributed by atoms with Crippen LogP contribution in [0.2, 0.25) is 0 Å². The number of fused-ring (bicyclic) bond motifs is 1. The minimum absolute atomic E-state index is 0.213. The lowest BCUT2D eigenvalue weighted by Gasteiger charge is -2.29. The number of hydrogen-bond acceptors (Lipinski definition) is 6. The largest absolute Gasteiger partial charge is 0.454 e. The fourth-order valence-electron chi connectivity index (χ4n) is 2.79. The van der Waals surface area contributed by atoms with Gasteiger partial charge < -0.3 is 30.0 Å². The monoisotopic (exact) mass is 414 g/mol. The van der Waals surface area contributed by atoms with Crippen molar-refractivity contribution < 1.29 is 28.9 Å². The SMILES string of the molecule is CC(C)(C)OC(=O)N[C@@](C)(CO)C(=O)Nc1ccc(-c2ccc3c(c2)OCO3)cc1. The van der Waals surface area contributed by atoms with Crippen molar-refractivity contribution in [3.63, 3.8) is 0 Å². The number of rotatable bonds is 5. The van der Waals surface area contributed by atoms with Crippen molar-refractivity contribution in [3.05, 3.63) is 42.5 Å². The number of anilines is 1. The summed E-state index contributed by atoms with van der Waals surface area (Å²) < 4.78 is 15.9. The van der Waals surface area contributed by atoms with E-state index < -0.39 is 29.7 Å². The van der Waals surface area contributed by atoms with Crippen molar-refractivity contribution in [1.82, 2.24) is 5.32 Å². The number of aliphatic hydroxyl groups excluding tert-OH is 1. The van der Waals surface area contributed by atoms with Crippen LogP contribution < -0.4 is 20.1 Å². The summed E-state index contributed by atoms with van der Waals surface area (Å²) in [6.07, 6.45) is -0.785. The van der Waals surface area contributed by atoms with Crippen LogP contribution in [0.5, 0.6) is 11.5 Å². The minimum Gasteiger partial charge on any atom is -0.454 e. The second-order valence-corrected chi connectivity index (χ2v) is 8.22. The van der Waals surface area contributed by atoms with Gasteiger partial charge in [-0.05, 0) is 63.1 Å². The summed E-state index contributed by atoms with van der Waals surface area (Å²) in [5, 5.41) is 14.8. The van der Waals surface area contributed by atoms with Gasteiger partial charge in [0.1, 0.15) is 11.1 Å². The Kier molecular flexibility index (Phi) is 5.89. The van der Waals surface area contributed by atoms with E-state index in [2.05, 4.69) is 10.6 Å². The molecule has 160 valence electrons.